The van der Waals surface area contributed by atoms with Crippen molar-refractivity contribution < 1.29 is 0 Å². The van der Waals surface area contributed by atoms with Gasteiger partial charge in [-0.1, -0.05) is 26.7 Å². The Morgan fingerprint density at radius 2 is 1.95 bits per heavy atom. The van der Waals surface area contributed by atoms with Crippen molar-refractivity contribution in [1.82, 2.24) is 10.2 Å². The lowest BCUT2D eigenvalue weighted by atomic mass is 9.80. The van der Waals surface area contributed by atoms with Crippen LogP contribution < -0.4 is 5.32 Å². The van der Waals surface area contributed by atoms with Gasteiger partial charge in [0.1, 0.15) is 0 Å². The van der Waals surface area contributed by atoms with Gasteiger partial charge in [0.2, 0.25) is 0 Å². The summed E-state index contributed by atoms with van der Waals surface area (Å²) in [6, 6.07) is 0. The Bertz CT molecular complexity index is 331. The van der Waals surface area contributed by atoms with Crippen LogP contribution in [0.2, 0.25) is 0 Å². The molecule has 21 heavy (non-hydrogen) atoms. The average Bonchev–Trinajstić information content (AvgIpc) is 2.99. The third-order valence-corrected chi connectivity index (χ3v) is 4.68. The smallest absolute Gasteiger partial charge is 0.0107 e. The second kappa shape index (κ2) is 10.2. The second-order valence-electron chi connectivity index (χ2n) is 6.83. The van der Waals surface area contributed by atoms with Gasteiger partial charge in [0.05, 0.1) is 0 Å². The van der Waals surface area contributed by atoms with Crippen molar-refractivity contribution in [2.24, 2.45) is 5.41 Å². The standard InChI is InChI=1S/C19H36N2/c1-5-7-11-19(6-2,12-10-18(3)4)17-20-13-16-21-14-8-9-15-21/h12,20H,5-9,11,13-17H2,1-4H3/t19-/m0/s1. The van der Waals surface area contributed by atoms with Gasteiger partial charge in [0.25, 0.3) is 0 Å². The summed E-state index contributed by atoms with van der Waals surface area (Å²) in [4.78, 5) is 2.58. The Balaban J connectivity index is 2.48. The van der Waals surface area contributed by atoms with Gasteiger partial charge < -0.3 is 10.2 Å². The molecule has 1 saturated heterocycles. The first-order valence-electron chi connectivity index (χ1n) is 8.96. The summed E-state index contributed by atoms with van der Waals surface area (Å²) < 4.78 is 0. The highest BCUT2D eigenvalue weighted by atomic mass is 15.1. The zero-order chi connectivity index (χ0) is 15.6. The van der Waals surface area contributed by atoms with Crippen molar-refractivity contribution in [1.29, 1.82) is 0 Å². The molecule has 1 N–H and O–H groups in total. The van der Waals surface area contributed by atoms with E-state index in [-0.39, 0.29) is 5.41 Å². The molecule has 0 aromatic carbocycles. The van der Waals surface area contributed by atoms with E-state index < -0.39 is 0 Å². The van der Waals surface area contributed by atoms with Crippen LogP contribution in [0.3, 0.4) is 0 Å². The van der Waals surface area contributed by atoms with Crippen molar-refractivity contribution in [3.8, 4) is 0 Å². The predicted molar refractivity (Wildman–Crippen MR) is 93.7 cm³/mol. The Labute approximate surface area is 132 Å². The quantitative estimate of drug-likeness (QED) is 0.475. The molecule has 0 amide bonds. The number of unbranched alkanes of at least 4 members (excludes halogenated alkanes) is 1. The van der Waals surface area contributed by atoms with Crippen LogP contribution in [0.4, 0.5) is 0 Å². The summed E-state index contributed by atoms with van der Waals surface area (Å²) in [5, 5.41) is 3.71. The van der Waals surface area contributed by atoms with Crippen molar-refractivity contribution >= 4 is 0 Å². The van der Waals surface area contributed by atoms with E-state index in [1.54, 1.807) is 0 Å². The monoisotopic (exact) mass is 292 g/mol. The van der Waals surface area contributed by atoms with Crippen LogP contribution in [0.5, 0.6) is 0 Å². The van der Waals surface area contributed by atoms with Crippen LogP contribution in [-0.2, 0) is 0 Å². The van der Waals surface area contributed by atoms with Gasteiger partial charge in [0.15, 0.2) is 0 Å². The van der Waals surface area contributed by atoms with Gasteiger partial charge in [0, 0.05) is 25.0 Å². The fourth-order valence-corrected chi connectivity index (χ4v) is 3.02. The van der Waals surface area contributed by atoms with E-state index in [1.807, 2.05) is 0 Å². The van der Waals surface area contributed by atoms with Crippen molar-refractivity contribution in [3.63, 3.8) is 0 Å². The van der Waals surface area contributed by atoms with Crippen LogP contribution in [-0.4, -0.2) is 37.6 Å². The highest BCUT2D eigenvalue weighted by molar-refractivity contribution is 5.04. The van der Waals surface area contributed by atoms with Gasteiger partial charge in [-0.25, -0.2) is 0 Å². The van der Waals surface area contributed by atoms with Crippen LogP contribution in [0.1, 0.15) is 66.2 Å². The van der Waals surface area contributed by atoms with Gasteiger partial charge in [-0.2, -0.15) is 0 Å². The lowest BCUT2D eigenvalue weighted by molar-refractivity contribution is 0.287. The molecule has 1 atom stereocenters. The molecular weight excluding hydrogens is 256 g/mol. The molecule has 2 heteroatoms. The molecule has 0 unspecified atom stereocenters. The molecule has 122 valence electrons. The molecule has 0 bridgehead atoms. The number of likely N-dealkylation sites (tertiary alicyclic amines) is 1. The molecule has 1 aliphatic heterocycles. The highest BCUT2D eigenvalue weighted by Crippen LogP contribution is 2.29. The maximum absolute atomic E-state index is 3.71. The molecule has 1 heterocycles. The normalized spacial score (nSPS) is 18.3. The second-order valence-corrected chi connectivity index (χ2v) is 6.83. The van der Waals surface area contributed by atoms with Gasteiger partial charge in [-0.3, -0.25) is 0 Å². The molecule has 2 nitrogen and oxygen atoms in total. The highest BCUT2D eigenvalue weighted by Gasteiger charge is 2.24. The fourth-order valence-electron chi connectivity index (χ4n) is 3.02. The van der Waals surface area contributed by atoms with Gasteiger partial charge >= 0.3 is 0 Å². The molecule has 0 radical (unpaired) electrons. The van der Waals surface area contributed by atoms with E-state index >= 15 is 0 Å². The molecule has 0 aromatic heterocycles. The maximum atomic E-state index is 3.71. The molecule has 0 aromatic rings. The first-order chi connectivity index (χ1) is 10.1. The average molecular weight is 293 g/mol. The summed E-state index contributed by atoms with van der Waals surface area (Å²) in [6.45, 7) is 14.9. The Kier molecular flexibility index (Phi) is 8.99. The van der Waals surface area contributed by atoms with Crippen LogP contribution in [0.25, 0.3) is 0 Å². The number of rotatable bonds is 10. The van der Waals surface area contributed by atoms with Crippen LogP contribution in [0, 0.1) is 5.41 Å². The van der Waals surface area contributed by atoms with E-state index in [9.17, 15) is 0 Å². The van der Waals surface area contributed by atoms with Crippen LogP contribution in [0.15, 0.2) is 17.4 Å². The minimum atomic E-state index is 0.290. The van der Waals surface area contributed by atoms with Crippen LogP contribution >= 0.6 is 0 Å². The molecule has 1 aliphatic rings. The number of hydrogen-bond donors (Lipinski definition) is 1. The van der Waals surface area contributed by atoms with E-state index in [1.165, 1.54) is 63.7 Å². The summed E-state index contributed by atoms with van der Waals surface area (Å²) in [6.07, 6.45) is 10.2. The topological polar surface area (TPSA) is 15.3 Å². The first kappa shape index (κ1) is 18.5. The SMILES string of the molecule is CCCC[C@](C=C=C(C)C)(CC)CNCCN1CCCC1. The number of nitrogens with one attached hydrogen (secondary N) is 1. The van der Waals surface area contributed by atoms with E-state index in [0.717, 1.165) is 13.1 Å². The third-order valence-electron chi connectivity index (χ3n) is 4.68. The van der Waals surface area contributed by atoms with E-state index in [4.69, 9.17) is 0 Å². The zero-order valence-corrected chi connectivity index (χ0v) is 14.8. The van der Waals surface area contributed by atoms with Gasteiger partial charge in [-0.15, -0.1) is 5.73 Å². The van der Waals surface area contributed by atoms with Gasteiger partial charge in [-0.05, 0) is 64.3 Å². The predicted octanol–water partition coefficient (Wildman–Crippen LogP) is 4.38. The van der Waals surface area contributed by atoms with E-state index in [2.05, 4.69) is 49.7 Å². The summed E-state index contributed by atoms with van der Waals surface area (Å²) in [5.41, 5.74) is 5.04. The lowest BCUT2D eigenvalue weighted by Crippen LogP contribution is -2.37. The number of hydrogen-bond acceptors (Lipinski definition) is 2. The lowest BCUT2D eigenvalue weighted by Gasteiger charge is -2.30. The number of nitrogens with zero attached hydrogens (tertiary/aromatic N) is 1. The molecule has 0 saturated carbocycles. The molecule has 1 fully saturated rings. The zero-order valence-electron chi connectivity index (χ0n) is 14.8. The Hall–Kier alpha value is -0.560. The maximum Gasteiger partial charge on any atom is 0.0107 e. The minimum absolute atomic E-state index is 0.290. The van der Waals surface area contributed by atoms with Crippen molar-refractivity contribution in [2.45, 2.75) is 66.2 Å². The fraction of sp³-hybridized carbons (Fsp3) is 0.842. The molecule has 0 spiro atoms. The minimum Gasteiger partial charge on any atom is -0.315 e. The Morgan fingerprint density at radius 3 is 2.52 bits per heavy atom. The van der Waals surface area contributed by atoms with Crippen molar-refractivity contribution in [2.75, 3.05) is 32.7 Å². The molecule has 1 rings (SSSR count). The van der Waals surface area contributed by atoms with E-state index in [0.29, 0.717) is 0 Å². The first-order valence-corrected chi connectivity index (χ1v) is 8.96. The Morgan fingerprint density at radius 1 is 1.24 bits per heavy atom. The third kappa shape index (κ3) is 7.31. The summed E-state index contributed by atoms with van der Waals surface area (Å²) in [5.74, 6) is 0. The molecular formula is C19H36N2. The summed E-state index contributed by atoms with van der Waals surface area (Å²) >= 11 is 0. The summed E-state index contributed by atoms with van der Waals surface area (Å²) in [7, 11) is 0. The molecule has 0 aliphatic carbocycles. The van der Waals surface area contributed by atoms with Crippen molar-refractivity contribution in [3.05, 3.63) is 17.4 Å². The largest absolute Gasteiger partial charge is 0.315 e.